The van der Waals surface area contributed by atoms with Gasteiger partial charge in [-0.15, -0.1) is 0 Å². The van der Waals surface area contributed by atoms with Gasteiger partial charge >= 0.3 is 0 Å². The van der Waals surface area contributed by atoms with Gasteiger partial charge in [-0.1, -0.05) is 0 Å². The number of nitrogens with zero attached hydrogens (tertiary/aromatic N) is 2. The van der Waals surface area contributed by atoms with E-state index in [1.165, 1.54) is 26.1 Å². The smallest absolute Gasteiger partial charge is 0.241 e. The summed E-state index contributed by atoms with van der Waals surface area (Å²) in [5, 5.41) is 3.05. The lowest BCUT2D eigenvalue weighted by Gasteiger charge is -2.33. The van der Waals surface area contributed by atoms with E-state index in [1.54, 1.807) is 12.1 Å². The molecule has 0 bridgehead atoms. The zero-order chi connectivity index (χ0) is 17.2. The predicted octanol–water partition coefficient (Wildman–Crippen LogP) is 0.732. The number of rotatable bonds is 6. The molecule has 2 fully saturated rings. The van der Waals surface area contributed by atoms with Crippen molar-refractivity contribution in [3.05, 3.63) is 18.3 Å². The molecule has 2 aliphatic rings. The minimum absolute atomic E-state index is 0.0278. The van der Waals surface area contributed by atoms with Crippen LogP contribution in [0.5, 0.6) is 0 Å². The summed E-state index contributed by atoms with van der Waals surface area (Å²) in [6.45, 7) is 2.25. The fourth-order valence-corrected chi connectivity index (χ4v) is 3.62. The van der Waals surface area contributed by atoms with Crippen LogP contribution in [0, 0.1) is 11.8 Å². The molecule has 1 saturated heterocycles. The first-order valence-corrected chi connectivity index (χ1v) is 9.90. The number of carbonyl (C=O) groups is 1. The molecule has 2 heterocycles. The van der Waals surface area contributed by atoms with Gasteiger partial charge in [-0.3, -0.25) is 4.79 Å². The maximum Gasteiger partial charge on any atom is 0.241 e. The van der Waals surface area contributed by atoms with Crippen LogP contribution in [0.4, 0.5) is 5.82 Å². The zero-order valence-corrected chi connectivity index (χ0v) is 14.7. The Hall–Kier alpha value is -1.67. The van der Waals surface area contributed by atoms with Crippen LogP contribution in [0.25, 0.3) is 0 Å². The number of aromatic nitrogens is 1. The van der Waals surface area contributed by atoms with Gasteiger partial charge < -0.3 is 10.2 Å². The van der Waals surface area contributed by atoms with E-state index < -0.39 is 10.0 Å². The van der Waals surface area contributed by atoms with Gasteiger partial charge in [-0.05, 0) is 50.8 Å². The molecule has 1 amide bonds. The summed E-state index contributed by atoms with van der Waals surface area (Å²) < 4.78 is 25.8. The molecule has 1 atom stereocenters. The van der Waals surface area contributed by atoms with E-state index in [0.29, 0.717) is 18.3 Å². The molecule has 8 heteroatoms. The van der Waals surface area contributed by atoms with Crippen LogP contribution in [-0.2, 0) is 14.8 Å². The van der Waals surface area contributed by atoms with Crippen LogP contribution in [0.1, 0.15) is 25.7 Å². The second-order valence-corrected chi connectivity index (χ2v) is 8.42. The number of hydrogen-bond donors (Lipinski definition) is 2. The van der Waals surface area contributed by atoms with Crippen molar-refractivity contribution >= 4 is 21.7 Å². The molecule has 24 heavy (non-hydrogen) atoms. The third kappa shape index (κ3) is 4.05. The molecule has 1 aromatic heterocycles. The molecular weight excluding hydrogens is 328 g/mol. The second kappa shape index (κ2) is 7.06. The third-order valence-electron chi connectivity index (χ3n) is 4.68. The first kappa shape index (κ1) is 17.2. The van der Waals surface area contributed by atoms with Crippen molar-refractivity contribution in [2.24, 2.45) is 11.8 Å². The first-order chi connectivity index (χ1) is 11.5. The van der Waals surface area contributed by atoms with Crippen molar-refractivity contribution in [2.45, 2.75) is 30.6 Å². The van der Waals surface area contributed by atoms with Crippen LogP contribution in [0.3, 0.4) is 0 Å². The second-order valence-electron chi connectivity index (χ2n) is 6.53. The van der Waals surface area contributed by atoms with Crippen molar-refractivity contribution < 1.29 is 13.2 Å². The van der Waals surface area contributed by atoms with Crippen molar-refractivity contribution in [2.75, 3.05) is 31.6 Å². The highest BCUT2D eigenvalue weighted by Crippen LogP contribution is 2.28. The predicted molar refractivity (Wildman–Crippen MR) is 91.2 cm³/mol. The number of carbonyl (C=O) groups excluding carboxylic acids is 1. The van der Waals surface area contributed by atoms with Crippen LogP contribution < -0.4 is 14.9 Å². The Morgan fingerprint density at radius 3 is 2.75 bits per heavy atom. The van der Waals surface area contributed by atoms with Crippen LogP contribution >= 0.6 is 0 Å². The molecule has 1 unspecified atom stereocenters. The summed E-state index contributed by atoms with van der Waals surface area (Å²) >= 11 is 0. The van der Waals surface area contributed by atoms with Crippen molar-refractivity contribution in [1.29, 1.82) is 0 Å². The molecule has 7 nitrogen and oxygen atoms in total. The molecule has 0 aromatic carbocycles. The number of piperidine rings is 1. The van der Waals surface area contributed by atoms with E-state index in [-0.39, 0.29) is 16.7 Å². The summed E-state index contributed by atoms with van der Waals surface area (Å²) in [5.74, 6) is 1.49. The SMILES string of the molecule is CNS(=O)(=O)c1ccc(N2CCCC(C(=O)NCC3CC3)C2)nc1. The number of hydrogen-bond acceptors (Lipinski definition) is 5. The molecule has 3 rings (SSSR count). The molecule has 1 aliphatic carbocycles. The highest BCUT2D eigenvalue weighted by atomic mass is 32.2. The van der Waals surface area contributed by atoms with Gasteiger partial charge in [0.15, 0.2) is 0 Å². The van der Waals surface area contributed by atoms with Gasteiger partial charge in [0.2, 0.25) is 15.9 Å². The van der Waals surface area contributed by atoms with E-state index in [4.69, 9.17) is 0 Å². The Morgan fingerprint density at radius 2 is 2.12 bits per heavy atom. The first-order valence-electron chi connectivity index (χ1n) is 8.42. The van der Waals surface area contributed by atoms with Crippen molar-refractivity contribution in [3.8, 4) is 0 Å². The fraction of sp³-hybridized carbons (Fsp3) is 0.625. The minimum atomic E-state index is -3.47. The van der Waals surface area contributed by atoms with E-state index in [0.717, 1.165) is 25.9 Å². The summed E-state index contributed by atoms with van der Waals surface area (Å²) in [7, 11) is -2.10. The molecule has 0 spiro atoms. The van der Waals surface area contributed by atoms with E-state index in [1.807, 2.05) is 0 Å². The lowest BCUT2D eigenvalue weighted by Crippen LogP contribution is -2.43. The average molecular weight is 352 g/mol. The van der Waals surface area contributed by atoms with E-state index >= 15 is 0 Å². The monoisotopic (exact) mass is 352 g/mol. The highest BCUT2D eigenvalue weighted by Gasteiger charge is 2.28. The van der Waals surface area contributed by atoms with Gasteiger partial charge in [0, 0.05) is 25.8 Å². The molecule has 0 radical (unpaired) electrons. The number of anilines is 1. The standard InChI is InChI=1S/C16H24N4O3S/c1-17-24(22,23)14-6-7-15(18-10-14)20-8-2-3-13(11-20)16(21)19-9-12-4-5-12/h6-7,10,12-13,17H,2-5,8-9,11H2,1H3,(H,19,21). The number of nitrogens with one attached hydrogen (secondary N) is 2. The van der Waals surface area contributed by atoms with Crippen LogP contribution in [0.2, 0.25) is 0 Å². The van der Waals surface area contributed by atoms with Gasteiger partial charge in [0.1, 0.15) is 10.7 Å². The Kier molecular flexibility index (Phi) is 5.05. The van der Waals surface area contributed by atoms with Crippen molar-refractivity contribution in [1.82, 2.24) is 15.0 Å². The molecule has 2 N–H and O–H groups in total. The lowest BCUT2D eigenvalue weighted by molar-refractivity contribution is -0.125. The van der Waals surface area contributed by atoms with Gasteiger partial charge in [0.25, 0.3) is 0 Å². The van der Waals surface area contributed by atoms with Gasteiger partial charge in [0.05, 0.1) is 5.92 Å². The molecule has 132 valence electrons. The summed E-state index contributed by atoms with van der Waals surface area (Å²) in [4.78, 5) is 18.8. The quantitative estimate of drug-likeness (QED) is 0.788. The Bertz CT molecular complexity index is 686. The highest BCUT2D eigenvalue weighted by molar-refractivity contribution is 7.89. The molecule has 1 aliphatic heterocycles. The van der Waals surface area contributed by atoms with Gasteiger partial charge in [-0.25, -0.2) is 18.1 Å². The van der Waals surface area contributed by atoms with E-state index in [9.17, 15) is 13.2 Å². The number of pyridine rings is 1. The summed E-state index contributed by atoms with van der Waals surface area (Å²) in [5.41, 5.74) is 0. The topological polar surface area (TPSA) is 91.4 Å². The lowest BCUT2D eigenvalue weighted by atomic mass is 9.97. The molecular formula is C16H24N4O3S. The Balaban J connectivity index is 1.62. The van der Waals surface area contributed by atoms with Crippen LogP contribution in [0.15, 0.2) is 23.2 Å². The maximum absolute atomic E-state index is 12.3. The van der Waals surface area contributed by atoms with Gasteiger partial charge in [-0.2, -0.15) is 0 Å². The fourth-order valence-electron chi connectivity index (χ4n) is 2.95. The Morgan fingerprint density at radius 1 is 1.33 bits per heavy atom. The third-order valence-corrected chi connectivity index (χ3v) is 6.08. The average Bonchev–Trinajstić information content (AvgIpc) is 3.44. The minimum Gasteiger partial charge on any atom is -0.356 e. The van der Waals surface area contributed by atoms with Crippen LogP contribution in [-0.4, -0.2) is 46.0 Å². The normalized spacial score (nSPS) is 21.5. The maximum atomic E-state index is 12.3. The zero-order valence-electron chi connectivity index (χ0n) is 13.9. The number of sulfonamides is 1. The Labute approximate surface area is 142 Å². The van der Waals surface area contributed by atoms with Crippen molar-refractivity contribution in [3.63, 3.8) is 0 Å². The largest absolute Gasteiger partial charge is 0.356 e. The van der Waals surface area contributed by atoms with E-state index in [2.05, 4.69) is 19.9 Å². The summed E-state index contributed by atoms with van der Waals surface area (Å²) in [6.07, 6.45) is 5.63. The summed E-state index contributed by atoms with van der Waals surface area (Å²) in [6, 6.07) is 3.25. The molecule has 1 saturated carbocycles. The molecule has 1 aromatic rings. The number of amides is 1.